The predicted molar refractivity (Wildman–Crippen MR) is 97.1 cm³/mol. The van der Waals surface area contributed by atoms with Crippen LogP contribution in [0.15, 0.2) is 36.7 Å². The molecule has 0 bridgehead atoms. The molecule has 1 aromatic carbocycles. The molecule has 26 heavy (non-hydrogen) atoms. The number of ether oxygens (including phenoxy) is 1. The molecule has 6 heteroatoms. The maximum absolute atomic E-state index is 13.9. The summed E-state index contributed by atoms with van der Waals surface area (Å²) in [5.74, 6) is 0.192. The predicted octanol–water partition coefficient (Wildman–Crippen LogP) is 2.60. The Bertz CT molecular complexity index is 746. The van der Waals surface area contributed by atoms with Gasteiger partial charge in [-0.3, -0.25) is 9.48 Å². The van der Waals surface area contributed by atoms with Crippen molar-refractivity contribution >= 4 is 5.91 Å². The molecule has 1 aliphatic heterocycles. The zero-order valence-electron chi connectivity index (χ0n) is 15.4. The largest absolute Gasteiger partial charge is 0.379 e. The minimum Gasteiger partial charge on any atom is -0.379 e. The first kappa shape index (κ1) is 18.6. The van der Waals surface area contributed by atoms with Crippen molar-refractivity contribution in [2.45, 2.75) is 31.8 Å². The molecular formula is C20H26FN3O2. The molecule has 1 saturated heterocycles. The number of amides is 1. The molecule has 3 rings (SSSR count). The van der Waals surface area contributed by atoms with Gasteiger partial charge in [-0.1, -0.05) is 18.2 Å². The van der Waals surface area contributed by atoms with E-state index in [2.05, 4.69) is 5.10 Å². The van der Waals surface area contributed by atoms with Crippen LogP contribution >= 0.6 is 0 Å². The molecule has 1 aromatic heterocycles. The zero-order chi connectivity index (χ0) is 18.5. The van der Waals surface area contributed by atoms with Crippen molar-refractivity contribution in [3.63, 3.8) is 0 Å². The second kappa shape index (κ2) is 8.45. The lowest BCUT2D eigenvalue weighted by atomic mass is 9.87. The van der Waals surface area contributed by atoms with E-state index in [9.17, 15) is 9.18 Å². The van der Waals surface area contributed by atoms with Gasteiger partial charge in [-0.15, -0.1) is 0 Å². The lowest BCUT2D eigenvalue weighted by molar-refractivity contribution is -0.136. The van der Waals surface area contributed by atoms with Gasteiger partial charge >= 0.3 is 0 Å². The molecule has 0 saturated carbocycles. The summed E-state index contributed by atoms with van der Waals surface area (Å²) in [6, 6.07) is 6.88. The van der Waals surface area contributed by atoms with Crippen molar-refractivity contribution in [1.82, 2.24) is 14.7 Å². The highest BCUT2D eigenvalue weighted by atomic mass is 19.1. The monoisotopic (exact) mass is 359 g/mol. The number of hydrogen-bond acceptors (Lipinski definition) is 3. The number of rotatable bonds is 6. The minimum atomic E-state index is -0.169. The number of carbonyl (C=O) groups excluding carboxylic acids is 1. The molecule has 2 aromatic rings. The van der Waals surface area contributed by atoms with E-state index < -0.39 is 0 Å². The van der Waals surface area contributed by atoms with Crippen molar-refractivity contribution in [2.24, 2.45) is 13.0 Å². The molecule has 1 fully saturated rings. The first-order valence-corrected chi connectivity index (χ1v) is 9.08. The average Bonchev–Trinajstić information content (AvgIpc) is 3.07. The Kier molecular flexibility index (Phi) is 6.04. The Morgan fingerprint density at radius 2 is 2.19 bits per heavy atom. The normalized spacial score (nSPS) is 20.3. The lowest BCUT2D eigenvalue weighted by Crippen LogP contribution is -2.48. The summed E-state index contributed by atoms with van der Waals surface area (Å²) < 4.78 is 21.3. The van der Waals surface area contributed by atoms with E-state index in [1.54, 1.807) is 24.1 Å². The number of methoxy groups -OCH3 is 1. The highest BCUT2D eigenvalue weighted by molar-refractivity contribution is 5.76. The van der Waals surface area contributed by atoms with E-state index in [1.807, 2.05) is 30.3 Å². The SMILES string of the molecule is CO[C@@H]1CN(C(=O)CCc2cnn(C)c2)CC[C@@H]1Cc1ccccc1F. The summed E-state index contributed by atoms with van der Waals surface area (Å²) in [4.78, 5) is 14.4. The molecule has 1 aliphatic rings. The first-order valence-electron chi connectivity index (χ1n) is 9.08. The van der Waals surface area contributed by atoms with Crippen LogP contribution in [0.5, 0.6) is 0 Å². The molecule has 5 nitrogen and oxygen atoms in total. The van der Waals surface area contributed by atoms with Crippen molar-refractivity contribution in [3.05, 3.63) is 53.6 Å². The molecule has 2 atom stereocenters. The van der Waals surface area contributed by atoms with Crippen LogP contribution in [-0.2, 0) is 29.4 Å². The molecule has 0 radical (unpaired) electrons. The summed E-state index contributed by atoms with van der Waals surface area (Å²) in [5, 5.41) is 4.13. The third-order valence-corrected chi connectivity index (χ3v) is 5.18. The van der Waals surface area contributed by atoms with Crippen LogP contribution in [0.4, 0.5) is 4.39 Å². The van der Waals surface area contributed by atoms with E-state index in [4.69, 9.17) is 4.74 Å². The maximum atomic E-state index is 13.9. The standard InChI is InChI=1S/C20H26FN3O2/c1-23-13-15(12-22-23)7-8-20(25)24-10-9-17(19(14-24)26-2)11-16-5-3-4-6-18(16)21/h3-6,12-13,17,19H,7-11,14H2,1-2H3/t17-,19-/m1/s1. The smallest absolute Gasteiger partial charge is 0.222 e. The number of halogens is 1. The average molecular weight is 359 g/mol. The Balaban J connectivity index is 1.55. The molecule has 0 aliphatic carbocycles. The second-order valence-corrected chi connectivity index (χ2v) is 6.98. The van der Waals surface area contributed by atoms with Crippen LogP contribution in [0.1, 0.15) is 24.0 Å². The Hall–Kier alpha value is -2.21. The maximum Gasteiger partial charge on any atom is 0.222 e. The van der Waals surface area contributed by atoms with Crippen molar-refractivity contribution in [2.75, 3.05) is 20.2 Å². The summed E-state index contributed by atoms with van der Waals surface area (Å²) in [6.45, 7) is 1.27. The molecule has 2 heterocycles. The number of aryl methyl sites for hydroxylation is 2. The van der Waals surface area contributed by atoms with Crippen LogP contribution in [0.2, 0.25) is 0 Å². The van der Waals surface area contributed by atoms with E-state index >= 15 is 0 Å². The van der Waals surface area contributed by atoms with Gasteiger partial charge in [0, 0.05) is 39.9 Å². The van der Waals surface area contributed by atoms with Gasteiger partial charge in [0.25, 0.3) is 0 Å². The van der Waals surface area contributed by atoms with Gasteiger partial charge in [0.15, 0.2) is 0 Å². The third-order valence-electron chi connectivity index (χ3n) is 5.18. The second-order valence-electron chi connectivity index (χ2n) is 6.98. The number of carbonyl (C=O) groups is 1. The van der Waals surface area contributed by atoms with Gasteiger partial charge in [-0.25, -0.2) is 4.39 Å². The van der Waals surface area contributed by atoms with E-state index in [-0.39, 0.29) is 23.7 Å². The molecule has 0 unspecified atom stereocenters. The lowest BCUT2D eigenvalue weighted by Gasteiger charge is -2.38. The fourth-order valence-electron chi connectivity index (χ4n) is 3.65. The highest BCUT2D eigenvalue weighted by Crippen LogP contribution is 2.25. The Morgan fingerprint density at radius 1 is 1.38 bits per heavy atom. The van der Waals surface area contributed by atoms with Crippen molar-refractivity contribution in [3.8, 4) is 0 Å². The highest BCUT2D eigenvalue weighted by Gasteiger charge is 2.31. The summed E-state index contributed by atoms with van der Waals surface area (Å²) >= 11 is 0. The fraction of sp³-hybridized carbons (Fsp3) is 0.500. The summed E-state index contributed by atoms with van der Waals surface area (Å²) in [7, 11) is 3.54. The fourth-order valence-corrected chi connectivity index (χ4v) is 3.65. The van der Waals surface area contributed by atoms with E-state index in [0.717, 1.165) is 17.5 Å². The summed E-state index contributed by atoms with van der Waals surface area (Å²) in [5.41, 5.74) is 1.79. The topological polar surface area (TPSA) is 47.4 Å². The molecule has 140 valence electrons. The number of nitrogens with zero attached hydrogens (tertiary/aromatic N) is 3. The number of piperidine rings is 1. The molecule has 1 amide bonds. The van der Waals surface area contributed by atoms with Crippen molar-refractivity contribution in [1.29, 1.82) is 0 Å². The van der Waals surface area contributed by atoms with Crippen LogP contribution in [0.25, 0.3) is 0 Å². The van der Waals surface area contributed by atoms with Gasteiger partial charge in [0.2, 0.25) is 5.91 Å². The summed E-state index contributed by atoms with van der Waals surface area (Å²) in [6.07, 6.45) is 6.30. The minimum absolute atomic E-state index is 0.0642. The zero-order valence-corrected chi connectivity index (χ0v) is 15.4. The quantitative estimate of drug-likeness (QED) is 0.797. The van der Waals surface area contributed by atoms with Crippen LogP contribution in [0, 0.1) is 11.7 Å². The van der Waals surface area contributed by atoms with Gasteiger partial charge < -0.3 is 9.64 Å². The van der Waals surface area contributed by atoms with Crippen LogP contribution < -0.4 is 0 Å². The van der Waals surface area contributed by atoms with Gasteiger partial charge in [0.05, 0.1) is 12.3 Å². The van der Waals surface area contributed by atoms with E-state index in [0.29, 0.717) is 32.4 Å². The first-order chi connectivity index (χ1) is 12.6. The van der Waals surface area contributed by atoms with Gasteiger partial charge in [0.1, 0.15) is 5.82 Å². The number of aromatic nitrogens is 2. The molecular weight excluding hydrogens is 333 g/mol. The van der Waals surface area contributed by atoms with Gasteiger partial charge in [-0.2, -0.15) is 5.10 Å². The van der Waals surface area contributed by atoms with Gasteiger partial charge in [-0.05, 0) is 42.4 Å². The number of benzene rings is 1. The van der Waals surface area contributed by atoms with Crippen LogP contribution in [-0.4, -0.2) is 46.9 Å². The van der Waals surface area contributed by atoms with Crippen molar-refractivity contribution < 1.29 is 13.9 Å². The number of likely N-dealkylation sites (tertiary alicyclic amines) is 1. The van der Waals surface area contributed by atoms with Crippen LogP contribution in [0.3, 0.4) is 0 Å². The number of hydrogen-bond donors (Lipinski definition) is 0. The van der Waals surface area contributed by atoms with E-state index in [1.165, 1.54) is 6.07 Å². The third kappa shape index (κ3) is 4.49. The Morgan fingerprint density at radius 3 is 2.88 bits per heavy atom. The molecule has 0 spiro atoms. The molecule has 0 N–H and O–H groups in total. The Labute approximate surface area is 153 Å².